The van der Waals surface area contributed by atoms with Gasteiger partial charge in [0.25, 0.3) is 0 Å². The van der Waals surface area contributed by atoms with Gasteiger partial charge in [-0.25, -0.2) is 18.4 Å². The molecule has 1 amide bonds. The molecule has 2 N–H and O–H groups in total. The maximum Gasteiger partial charge on any atom is 0.225 e. The fourth-order valence-electron chi connectivity index (χ4n) is 4.86. The van der Waals surface area contributed by atoms with E-state index in [4.69, 9.17) is 11.6 Å². The second kappa shape index (κ2) is 7.78. The smallest absolute Gasteiger partial charge is 0.225 e. The molecule has 28 heavy (non-hydrogen) atoms. The predicted molar refractivity (Wildman–Crippen MR) is 108 cm³/mol. The topological polar surface area (TPSA) is 101 Å². The molecule has 154 valence electrons. The quantitative estimate of drug-likeness (QED) is 0.717. The highest BCUT2D eigenvalue weighted by atomic mass is 35.5. The molecule has 5 unspecified atom stereocenters. The highest BCUT2D eigenvalue weighted by molar-refractivity contribution is 7.91. The van der Waals surface area contributed by atoms with Gasteiger partial charge < -0.3 is 10.6 Å². The lowest BCUT2D eigenvalue weighted by Gasteiger charge is -2.42. The number of anilines is 1. The zero-order chi connectivity index (χ0) is 19.9. The standard InChI is InChI=1S/C19H27ClN4O3S/c1-11(14-10-12-9-13(20)4-5-15(12)23-18(14)25)22-19-21-7-6-16(24-19)17-3-2-8-28(17,26)27/h6-7,11-15,17H,2-5,8-10H2,1H3,(H,23,25)(H,21,22,24)/t11-,12?,13?,14?,15?,17?/m0/s1. The molecular weight excluding hydrogens is 400 g/mol. The number of amides is 1. The second-order valence-electron chi connectivity index (χ2n) is 8.36. The van der Waals surface area contributed by atoms with Crippen LogP contribution < -0.4 is 10.6 Å². The highest BCUT2D eigenvalue weighted by Gasteiger charge is 2.41. The molecular formula is C19H27ClN4O3S. The maximum atomic E-state index is 12.6. The molecule has 0 aromatic carbocycles. The number of piperidine rings is 1. The highest BCUT2D eigenvalue weighted by Crippen LogP contribution is 2.37. The molecule has 6 atom stereocenters. The number of carbonyl (C=O) groups excluding carboxylic acids is 1. The summed E-state index contributed by atoms with van der Waals surface area (Å²) < 4.78 is 24.4. The van der Waals surface area contributed by atoms with Crippen molar-refractivity contribution in [3.05, 3.63) is 18.0 Å². The molecule has 3 aliphatic rings. The molecule has 3 heterocycles. The van der Waals surface area contributed by atoms with Gasteiger partial charge in [0.05, 0.1) is 17.4 Å². The van der Waals surface area contributed by atoms with Crippen LogP contribution in [-0.4, -0.2) is 47.5 Å². The number of hydrogen-bond acceptors (Lipinski definition) is 6. The van der Waals surface area contributed by atoms with Gasteiger partial charge in [-0.1, -0.05) is 0 Å². The molecule has 3 fully saturated rings. The molecule has 1 aromatic rings. The summed E-state index contributed by atoms with van der Waals surface area (Å²) in [6, 6.07) is 1.74. The summed E-state index contributed by atoms with van der Waals surface area (Å²) >= 11 is 6.34. The van der Waals surface area contributed by atoms with Crippen molar-refractivity contribution >= 4 is 33.3 Å². The van der Waals surface area contributed by atoms with Crippen LogP contribution in [0.1, 0.15) is 56.4 Å². The number of sulfone groups is 1. The maximum absolute atomic E-state index is 12.6. The number of hydrogen-bond donors (Lipinski definition) is 2. The molecule has 7 nitrogen and oxygen atoms in total. The minimum atomic E-state index is -3.13. The third-order valence-corrected chi connectivity index (χ3v) is 9.03. The van der Waals surface area contributed by atoms with Gasteiger partial charge in [0, 0.05) is 23.7 Å². The molecule has 1 saturated carbocycles. The Kier molecular flexibility index (Phi) is 5.53. The van der Waals surface area contributed by atoms with E-state index < -0.39 is 15.1 Å². The molecule has 0 spiro atoms. The van der Waals surface area contributed by atoms with Crippen LogP contribution in [0.25, 0.3) is 0 Å². The summed E-state index contributed by atoms with van der Waals surface area (Å²) in [5.41, 5.74) is 0.535. The van der Waals surface area contributed by atoms with Gasteiger partial charge in [-0.2, -0.15) is 0 Å². The fraction of sp³-hybridized carbons (Fsp3) is 0.737. The van der Waals surface area contributed by atoms with E-state index in [-0.39, 0.29) is 35.0 Å². The van der Waals surface area contributed by atoms with Crippen LogP contribution in [0.3, 0.4) is 0 Å². The number of carbonyl (C=O) groups is 1. The minimum absolute atomic E-state index is 0.0591. The van der Waals surface area contributed by atoms with E-state index >= 15 is 0 Å². The Hall–Kier alpha value is -1.41. The van der Waals surface area contributed by atoms with Gasteiger partial charge in [0.15, 0.2) is 9.84 Å². The van der Waals surface area contributed by atoms with Crippen LogP contribution in [0, 0.1) is 11.8 Å². The van der Waals surface area contributed by atoms with E-state index in [0.717, 1.165) is 25.7 Å². The normalized spacial score (nSPS) is 35.6. The van der Waals surface area contributed by atoms with E-state index in [9.17, 15) is 13.2 Å². The molecule has 0 bridgehead atoms. The van der Waals surface area contributed by atoms with E-state index in [1.807, 2.05) is 6.92 Å². The van der Waals surface area contributed by atoms with Crippen LogP contribution in [0.15, 0.2) is 12.3 Å². The molecule has 2 saturated heterocycles. The summed E-state index contributed by atoms with van der Waals surface area (Å²) in [6.07, 6.45) is 6.48. The summed E-state index contributed by atoms with van der Waals surface area (Å²) in [7, 11) is -3.13. The third kappa shape index (κ3) is 3.99. The van der Waals surface area contributed by atoms with Gasteiger partial charge in [0.1, 0.15) is 5.25 Å². The predicted octanol–water partition coefficient (Wildman–Crippen LogP) is 2.44. The van der Waals surface area contributed by atoms with Crippen molar-refractivity contribution in [3.8, 4) is 0 Å². The molecule has 1 aliphatic carbocycles. The Morgan fingerprint density at radius 3 is 2.86 bits per heavy atom. The van der Waals surface area contributed by atoms with Crippen LogP contribution in [0.5, 0.6) is 0 Å². The lowest BCUT2D eigenvalue weighted by molar-refractivity contribution is -0.130. The lowest BCUT2D eigenvalue weighted by Crippen LogP contribution is -2.55. The number of nitrogens with one attached hydrogen (secondary N) is 2. The molecule has 0 radical (unpaired) electrons. The van der Waals surface area contributed by atoms with Crippen LogP contribution in [0.2, 0.25) is 0 Å². The van der Waals surface area contributed by atoms with Crippen molar-refractivity contribution in [2.24, 2.45) is 11.8 Å². The molecule has 2 aliphatic heterocycles. The number of nitrogens with zero attached hydrogens (tertiary/aromatic N) is 2. The Balaban J connectivity index is 1.45. The average molecular weight is 427 g/mol. The monoisotopic (exact) mass is 426 g/mol. The third-order valence-electron chi connectivity index (χ3n) is 6.44. The van der Waals surface area contributed by atoms with Crippen molar-refractivity contribution in [2.45, 2.75) is 68.2 Å². The summed E-state index contributed by atoms with van der Waals surface area (Å²) in [4.78, 5) is 21.3. The zero-order valence-electron chi connectivity index (χ0n) is 16.0. The first-order chi connectivity index (χ1) is 13.3. The van der Waals surface area contributed by atoms with Gasteiger partial charge >= 0.3 is 0 Å². The Labute approximate surface area is 171 Å². The first-order valence-corrected chi connectivity index (χ1v) is 12.2. The van der Waals surface area contributed by atoms with Crippen molar-refractivity contribution in [1.82, 2.24) is 15.3 Å². The molecule has 4 rings (SSSR count). The second-order valence-corrected chi connectivity index (χ2v) is 11.3. The Bertz CT molecular complexity index is 849. The summed E-state index contributed by atoms with van der Waals surface area (Å²) in [5, 5.41) is 6.03. The SMILES string of the molecule is C[C@H](Nc1nccc(C2CCCS2(=O)=O)n1)C1CC2CC(Cl)CCC2NC1=O. The van der Waals surface area contributed by atoms with Crippen molar-refractivity contribution in [1.29, 1.82) is 0 Å². The van der Waals surface area contributed by atoms with E-state index in [2.05, 4.69) is 20.6 Å². The molecule has 1 aromatic heterocycles. The van der Waals surface area contributed by atoms with Crippen molar-refractivity contribution in [3.63, 3.8) is 0 Å². The minimum Gasteiger partial charge on any atom is -0.353 e. The first kappa shape index (κ1) is 19.9. The van der Waals surface area contributed by atoms with Gasteiger partial charge in [-0.05, 0) is 57.4 Å². The van der Waals surface area contributed by atoms with Crippen LogP contribution >= 0.6 is 11.6 Å². The number of alkyl halides is 1. The van der Waals surface area contributed by atoms with E-state index in [0.29, 0.717) is 30.4 Å². The van der Waals surface area contributed by atoms with Gasteiger partial charge in [-0.15, -0.1) is 11.6 Å². The van der Waals surface area contributed by atoms with Crippen LogP contribution in [-0.2, 0) is 14.6 Å². The number of halogens is 1. The first-order valence-electron chi connectivity index (χ1n) is 10.1. The van der Waals surface area contributed by atoms with E-state index in [1.54, 1.807) is 12.3 Å². The number of fused-ring (bicyclic) bond motifs is 1. The largest absolute Gasteiger partial charge is 0.353 e. The lowest BCUT2D eigenvalue weighted by atomic mass is 9.74. The van der Waals surface area contributed by atoms with Crippen molar-refractivity contribution in [2.75, 3.05) is 11.1 Å². The molecule has 9 heteroatoms. The Morgan fingerprint density at radius 2 is 2.11 bits per heavy atom. The fourth-order valence-corrected chi connectivity index (χ4v) is 7.09. The number of aromatic nitrogens is 2. The summed E-state index contributed by atoms with van der Waals surface area (Å²) in [6.45, 7) is 1.95. The summed E-state index contributed by atoms with van der Waals surface area (Å²) in [5.74, 6) is 0.863. The van der Waals surface area contributed by atoms with Crippen molar-refractivity contribution < 1.29 is 13.2 Å². The van der Waals surface area contributed by atoms with Gasteiger partial charge in [0.2, 0.25) is 11.9 Å². The average Bonchev–Trinajstić information content (AvgIpc) is 3.00. The van der Waals surface area contributed by atoms with Crippen LogP contribution in [0.4, 0.5) is 5.95 Å². The number of rotatable bonds is 4. The van der Waals surface area contributed by atoms with Gasteiger partial charge in [-0.3, -0.25) is 4.79 Å². The Morgan fingerprint density at radius 1 is 1.29 bits per heavy atom. The zero-order valence-corrected chi connectivity index (χ0v) is 17.5. The van der Waals surface area contributed by atoms with E-state index in [1.165, 1.54) is 0 Å².